The second kappa shape index (κ2) is 8.70. The summed E-state index contributed by atoms with van der Waals surface area (Å²) in [6.45, 7) is 1.23. The van der Waals surface area contributed by atoms with Gasteiger partial charge in [-0.05, 0) is 36.5 Å². The average Bonchev–Trinajstić information content (AvgIpc) is 3.13. The van der Waals surface area contributed by atoms with Crippen LogP contribution in [0.1, 0.15) is 40.4 Å². The van der Waals surface area contributed by atoms with Crippen LogP contribution in [-0.2, 0) is 6.42 Å². The first-order valence-electron chi connectivity index (χ1n) is 10.1. The summed E-state index contributed by atoms with van der Waals surface area (Å²) in [5.41, 5.74) is 15.5. The van der Waals surface area contributed by atoms with Gasteiger partial charge < -0.3 is 16.4 Å². The van der Waals surface area contributed by atoms with E-state index in [1.807, 2.05) is 48.5 Å². The Balaban J connectivity index is 1.65. The summed E-state index contributed by atoms with van der Waals surface area (Å²) >= 11 is 6.27. The third-order valence-electron chi connectivity index (χ3n) is 5.66. The summed E-state index contributed by atoms with van der Waals surface area (Å²) in [6, 6.07) is 15.4. The molecule has 31 heavy (non-hydrogen) atoms. The van der Waals surface area contributed by atoms with Gasteiger partial charge in [-0.25, -0.2) is 4.68 Å². The molecule has 7 nitrogen and oxygen atoms in total. The van der Waals surface area contributed by atoms with E-state index in [9.17, 15) is 10.1 Å². The number of aromatic nitrogens is 2. The van der Waals surface area contributed by atoms with E-state index in [-0.39, 0.29) is 17.4 Å². The first kappa shape index (κ1) is 20.8. The molecular formula is C23H23ClN6O. The van der Waals surface area contributed by atoms with Crippen molar-refractivity contribution < 1.29 is 4.79 Å². The number of hydrogen-bond acceptors (Lipinski definition) is 5. The molecule has 4 N–H and O–H groups in total. The van der Waals surface area contributed by atoms with Gasteiger partial charge in [-0.3, -0.25) is 4.79 Å². The summed E-state index contributed by atoms with van der Waals surface area (Å²) in [5.74, 6) is -0.376. The van der Waals surface area contributed by atoms with E-state index in [4.69, 9.17) is 23.1 Å². The van der Waals surface area contributed by atoms with Crippen LogP contribution in [0.15, 0.2) is 48.5 Å². The number of amides is 1. The molecule has 3 aromatic rings. The van der Waals surface area contributed by atoms with E-state index >= 15 is 0 Å². The number of likely N-dealkylation sites (tertiary alicyclic amines) is 1. The summed E-state index contributed by atoms with van der Waals surface area (Å²) in [4.78, 5) is 13.9. The fourth-order valence-corrected chi connectivity index (χ4v) is 4.26. The number of nitrogen functional groups attached to an aromatic ring is 1. The van der Waals surface area contributed by atoms with Crippen molar-refractivity contribution in [3.63, 3.8) is 0 Å². The molecule has 1 aliphatic heterocycles. The Morgan fingerprint density at radius 1 is 1.23 bits per heavy atom. The molecule has 0 spiro atoms. The van der Waals surface area contributed by atoms with Crippen molar-refractivity contribution in [2.45, 2.75) is 25.3 Å². The van der Waals surface area contributed by atoms with Gasteiger partial charge in [0.25, 0.3) is 5.91 Å². The number of nitrogens with zero attached hydrogens (tertiary/aromatic N) is 4. The molecule has 1 fully saturated rings. The number of benzene rings is 2. The van der Waals surface area contributed by atoms with Gasteiger partial charge in [0.1, 0.15) is 17.1 Å². The number of nitrogens with two attached hydrogens (primary N) is 2. The highest BCUT2D eigenvalue weighted by Crippen LogP contribution is 2.32. The fraction of sp³-hybridized carbons (Fsp3) is 0.261. The van der Waals surface area contributed by atoms with Crippen LogP contribution in [0.3, 0.4) is 0 Å². The highest BCUT2D eigenvalue weighted by Gasteiger charge is 2.28. The molecule has 1 amide bonds. The van der Waals surface area contributed by atoms with Gasteiger partial charge in [-0.2, -0.15) is 10.4 Å². The monoisotopic (exact) mass is 434 g/mol. The Morgan fingerprint density at radius 2 is 1.97 bits per heavy atom. The van der Waals surface area contributed by atoms with Crippen molar-refractivity contribution in [1.82, 2.24) is 14.7 Å². The summed E-state index contributed by atoms with van der Waals surface area (Å²) in [6.07, 6.45) is 4.57. The summed E-state index contributed by atoms with van der Waals surface area (Å²) < 4.78 is 1.65. The first-order valence-corrected chi connectivity index (χ1v) is 10.5. The Hall–Kier alpha value is -3.50. The molecular weight excluding hydrogens is 412 g/mol. The second-order valence-electron chi connectivity index (χ2n) is 7.72. The molecule has 0 unspecified atom stereocenters. The van der Waals surface area contributed by atoms with Crippen LogP contribution in [0.5, 0.6) is 0 Å². The molecule has 8 heteroatoms. The normalized spacial score (nSPS) is 16.1. The van der Waals surface area contributed by atoms with E-state index in [0.717, 1.165) is 41.1 Å². The fourth-order valence-electron chi connectivity index (χ4n) is 4.06. The van der Waals surface area contributed by atoms with Crippen molar-refractivity contribution in [3.05, 3.63) is 70.2 Å². The molecule has 4 rings (SSSR count). The number of anilines is 1. The van der Waals surface area contributed by atoms with E-state index in [0.29, 0.717) is 18.7 Å². The molecule has 0 radical (unpaired) electrons. The molecule has 158 valence electrons. The first-order chi connectivity index (χ1) is 15.0. The average molecular weight is 435 g/mol. The summed E-state index contributed by atoms with van der Waals surface area (Å²) in [7, 11) is 0. The molecule has 0 saturated carbocycles. The third kappa shape index (κ3) is 4.21. The minimum Gasteiger partial charge on any atom is -0.383 e. The minimum atomic E-state index is -0.619. The molecule has 1 aromatic heterocycles. The van der Waals surface area contributed by atoms with Crippen LogP contribution in [0.4, 0.5) is 5.82 Å². The van der Waals surface area contributed by atoms with Crippen molar-refractivity contribution in [1.29, 1.82) is 5.26 Å². The smallest absolute Gasteiger partial charge is 0.254 e. The van der Waals surface area contributed by atoms with Crippen LogP contribution in [0.25, 0.3) is 11.3 Å². The largest absolute Gasteiger partial charge is 0.383 e. The lowest BCUT2D eigenvalue weighted by Gasteiger charge is -2.29. The number of nitriles is 1. The maximum Gasteiger partial charge on any atom is 0.254 e. The van der Waals surface area contributed by atoms with Crippen molar-refractivity contribution in [2.75, 3.05) is 18.8 Å². The van der Waals surface area contributed by atoms with Gasteiger partial charge >= 0.3 is 0 Å². The lowest BCUT2D eigenvalue weighted by Crippen LogP contribution is -2.34. The highest BCUT2D eigenvalue weighted by molar-refractivity contribution is 6.31. The van der Waals surface area contributed by atoms with Gasteiger partial charge in [0.05, 0.1) is 12.6 Å². The number of hydrogen-bond donors (Lipinski definition) is 2. The topological polar surface area (TPSA) is 114 Å². The maximum atomic E-state index is 12.2. The molecule has 1 aliphatic rings. The lowest BCUT2D eigenvalue weighted by atomic mass is 10.0. The minimum absolute atomic E-state index is 0.0836. The number of halogens is 1. The second-order valence-corrected chi connectivity index (χ2v) is 8.13. The van der Waals surface area contributed by atoms with Gasteiger partial charge in [0.2, 0.25) is 0 Å². The number of carbonyl (C=O) groups excluding carboxylic acids is 1. The standard InChI is InChI=1S/C23H23ClN6O/c24-19-6-2-1-4-17(19)12-15-7-9-16(10-8-15)21-20(23(27)31)22(26)30(28-21)18-5-3-11-29(13-18)14-25/h1-2,4,6-10,18H,3,5,11-13,26H2,(H2,27,31)/t18-/m0/s1. The maximum absolute atomic E-state index is 12.2. The van der Waals surface area contributed by atoms with Gasteiger partial charge in [0, 0.05) is 17.1 Å². The van der Waals surface area contributed by atoms with Crippen LogP contribution in [-0.4, -0.2) is 33.7 Å². The van der Waals surface area contributed by atoms with Crippen LogP contribution >= 0.6 is 11.6 Å². The zero-order valence-electron chi connectivity index (χ0n) is 17.0. The van der Waals surface area contributed by atoms with Gasteiger partial charge in [-0.1, -0.05) is 54.1 Å². The van der Waals surface area contributed by atoms with E-state index in [2.05, 4.69) is 11.3 Å². The molecule has 0 bridgehead atoms. The zero-order chi connectivity index (χ0) is 22.0. The third-order valence-corrected chi connectivity index (χ3v) is 6.03. The Bertz CT molecular complexity index is 1150. The van der Waals surface area contributed by atoms with Gasteiger partial charge in [0.15, 0.2) is 6.19 Å². The van der Waals surface area contributed by atoms with E-state index in [1.54, 1.807) is 9.58 Å². The van der Waals surface area contributed by atoms with E-state index in [1.165, 1.54) is 0 Å². The molecule has 1 atom stereocenters. The quantitative estimate of drug-likeness (QED) is 0.595. The molecule has 1 saturated heterocycles. The number of carbonyl (C=O) groups is 1. The SMILES string of the molecule is N#CN1CCC[C@H](n2nc(-c3ccc(Cc4ccccc4Cl)cc3)c(C(N)=O)c2N)C1. The lowest BCUT2D eigenvalue weighted by molar-refractivity contribution is 0.100. The predicted molar refractivity (Wildman–Crippen MR) is 120 cm³/mol. The molecule has 2 aromatic carbocycles. The van der Waals surface area contributed by atoms with Crippen molar-refractivity contribution >= 4 is 23.3 Å². The van der Waals surface area contributed by atoms with Crippen LogP contribution in [0.2, 0.25) is 5.02 Å². The zero-order valence-corrected chi connectivity index (χ0v) is 17.7. The molecule has 0 aliphatic carbocycles. The Labute approximate surface area is 185 Å². The van der Waals surface area contributed by atoms with Crippen LogP contribution in [0, 0.1) is 11.5 Å². The number of rotatable bonds is 5. The Morgan fingerprint density at radius 3 is 2.65 bits per heavy atom. The van der Waals surface area contributed by atoms with Crippen molar-refractivity contribution in [3.8, 4) is 17.5 Å². The van der Waals surface area contributed by atoms with Gasteiger partial charge in [-0.15, -0.1) is 0 Å². The number of piperidine rings is 1. The van der Waals surface area contributed by atoms with Crippen molar-refractivity contribution in [2.24, 2.45) is 5.73 Å². The predicted octanol–water partition coefficient (Wildman–Crippen LogP) is 3.59. The van der Waals surface area contributed by atoms with Crippen LogP contribution < -0.4 is 11.5 Å². The Kier molecular flexibility index (Phi) is 5.83. The number of primary amides is 1. The highest BCUT2D eigenvalue weighted by atomic mass is 35.5. The summed E-state index contributed by atoms with van der Waals surface area (Å²) in [5, 5.41) is 14.6. The van der Waals surface area contributed by atoms with E-state index < -0.39 is 5.91 Å². The molecule has 2 heterocycles.